The van der Waals surface area contributed by atoms with Crippen LogP contribution < -0.4 is 10.3 Å². The SMILES string of the molecule is CCCCCn1c(SCc2nc(-c3ccc(OC)cc3)no2)nc2ccccc2c1=O. The summed E-state index contributed by atoms with van der Waals surface area (Å²) in [5.74, 6) is 2.21. The first-order chi connectivity index (χ1) is 15.2. The van der Waals surface area contributed by atoms with Crippen LogP contribution in [0.15, 0.2) is 63.0 Å². The van der Waals surface area contributed by atoms with E-state index in [-0.39, 0.29) is 5.56 Å². The van der Waals surface area contributed by atoms with Crippen LogP contribution in [-0.2, 0) is 12.3 Å². The largest absolute Gasteiger partial charge is 0.497 e. The summed E-state index contributed by atoms with van der Waals surface area (Å²) in [6, 6.07) is 14.9. The molecule has 7 nitrogen and oxygen atoms in total. The molecule has 0 aliphatic rings. The van der Waals surface area contributed by atoms with Gasteiger partial charge in [0, 0.05) is 12.1 Å². The fraction of sp³-hybridized carbons (Fsp3) is 0.304. The van der Waals surface area contributed by atoms with Gasteiger partial charge >= 0.3 is 0 Å². The van der Waals surface area contributed by atoms with Gasteiger partial charge in [0.05, 0.1) is 23.8 Å². The van der Waals surface area contributed by atoms with E-state index in [0.29, 0.717) is 40.1 Å². The highest BCUT2D eigenvalue weighted by atomic mass is 32.2. The first-order valence-electron chi connectivity index (χ1n) is 10.3. The van der Waals surface area contributed by atoms with Gasteiger partial charge in [-0.05, 0) is 42.8 Å². The zero-order valence-corrected chi connectivity index (χ0v) is 18.4. The van der Waals surface area contributed by atoms with Gasteiger partial charge in [-0.1, -0.05) is 48.8 Å². The molecule has 0 aliphatic carbocycles. The van der Waals surface area contributed by atoms with E-state index in [1.807, 2.05) is 48.5 Å². The van der Waals surface area contributed by atoms with Gasteiger partial charge in [-0.2, -0.15) is 4.98 Å². The summed E-state index contributed by atoms with van der Waals surface area (Å²) in [5, 5.41) is 5.39. The maximum atomic E-state index is 13.0. The Bertz CT molecular complexity index is 1220. The molecule has 0 bridgehead atoms. The van der Waals surface area contributed by atoms with Crippen LogP contribution in [0, 0.1) is 0 Å². The van der Waals surface area contributed by atoms with E-state index in [0.717, 1.165) is 30.6 Å². The molecular weight excluding hydrogens is 412 g/mol. The number of thioether (sulfide) groups is 1. The third-order valence-electron chi connectivity index (χ3n) is 4.95. The summed E-state index contributed by atoms with van der Waals surface area (Å²) in [6.45, 7) is 2.79. The highest BCUT2D eigenvalue weighted by Crippen LogP contribution is 2.24. The third-order valence-corrected chi connectivity index (χ3v) is 5.91. The van der Waals surface area contributed by atoms with Crippen molar-refractivity contribution in [1.82, 2.24) is 19.7 Å². The summed E-state index contributed by atoms with van der Waals surface area (Å²) in [5.41, 5.74) is 1.54. The summed E-state index contributed by atoms with van der Waals surface area (Å²) in [7, 11) is 1.63. The molecule has 0 fully saturated rings. The molecule has 0 N–H and O–H groups in total. The number of nitrogens with zero attached hydrogens (tertiary/aromatic N) is 4. The number of methoxy groups -OCH3 is 1. The molecule has 0 atom stereocenters. The highest BCUT2D eigenvalue weighted by molar-refractivity contribution is 7.98. The molecule has 2 aromatic carbocycles. The maximum absolute atomic E-state index is 13.0. The molecule has 0 saturated heterocycles. The Labute approximate surface area is 184 Å². The number of aromatic nitrogens is 4. The van der Waals surface area contributed by atoms with Crippen LogP contribution in [-0.4, -0.2) is 26.8 Å². The number of benzene rings is 2. The minimum Gasteiger partial charge on any atom is -0.497 e. The maximum Gasteiger partial charge on any atom is 0.262 e. The van der Waals surface area contributed by atoms with E-state index >= 15 is 0 Å². The van der Waals surface area contributed by atoms with Crippen molar-refractivity contribution in [2.24, 2.45) is 0 Å². The number of rotatable bonds is 9. The van der Waals surface area contributed by atoms with E-state index in [4.69, 9.17) is 14.2 Å². The number of ether oxygens (including phenoxy) is 1. The molecule has 0 aliphatic heterocycles. The van der Waals surface area contributed by atoms with Gasteiger partial charge in [-0.3, -0.25) is 9.36 Å². The lowest BCUT2D eigenvalue weighted by molar-refractivity contribution is 0.391. The highest BCUT2D eigenvalue weighted by Gasteiger charge is 2.14. The molecule has 0 unspecified atom stereocenters. The summed E-state index contributed by atoms with van der Waals surface area (Å²) >= 11 is 1.44. The van der Waals surface area contributed by atoms with Gasteiger partial charge in [0.1, 0.15) is 5.75 Å². The van der Waals surface area contributed by atoms with Gasteiger partial charge in [-0.15, -0.1) is 0 Å². The van der Waals surface area contributed by atoms with E-state index in [2.05, 4.69) is 17.1 Å². The van der Waals surface area contributed by atoms with E-state index in [1.54, 1.807) is 11.7 Å². The number of unbranched alkanes of at least 4 members (excludes halogenated alkanes) is 2. The van der Waals surface area contributed by atoms with Crippen LogP contribution >= 0.6 is 11.8 Å². The molecule has 0 radical (unpaired) electrons. The van der Waals surface area contributed by atoms with Crippen molar-refractivity contribution in [3.05, 3.63) is 64.8 Å². The van der Waals surface area contributed by atoms with Crippen LogP contribution in [0.4, 0.5) is 0 Å². The average molecular weight is 437 g/mol. The predicted octanol–water partition coefficient (Wildman–Crippen LogP) is 4.94. The lowest BCUT2D eigenvalue weighted by Crippen LogP contribution is -2.23. The smallest absolute Gasteiger partial charge is 0.262 e. The van der Waals surface area contributed by atoms with Gasteiger partial charge in [0.15, 0.2) is 5.16 Å². The molecule has 8 heteroatoms. The van der Waals surface area contributed by atoms with Gasteiger partial charge < -0.3 is 9.26 Å². The topological polar surface area (TPSA) is 83.0 Å². The summed E-state index contributed by atoms with van der Waals surface area (Å²) in [4.78, 5) is 22.3. The fourth-order valence-electron chi connectivity index (χ4n) is 3.27. The second-order valence-corrected chi connectivity index (χ2v) is 8.05. The van der Waals surface area contributed by atoms with Crippen LogP contribution in [0.5, 0.6) is 5.75 Å². The molecule has 160 valence electrons. The quantitative estimate of drug-likeness (QED) is 0.209. The number of hydrogen-bond donors (Lipinski definition) is 0. The predicted molar refractivity (Wildman–Crippen MR) is 121 cm³/mol. The molecule has 4 rings (SSSR count). The van der Waals surface area contributed by atoms with Crippen molar-refractivity contribution in [3.8, 4) is 17.1 Å². The van der Waals surface area contributed by atoms with Crippen molar-refractivity contribution >= 4 is 22.7 Å². The van der Waals surface area contributed by atoms with Crippen molar-refractivity contribution in [2.75, 3.05) is 7.11 Å². The zero-order valence-electron chi connectivity index (χ0n) is 17.6. The van der Waals surface area contributed by atoms with Crippen molar-refractivity contribution in [1.29, 1.82) is 0 Å². The van der Waals surface area contributed by atoms with Gasteiger partial charge in [0.2, 0.25) is 11.7 Å². The van der Waals surface area contributed by atoms with Crippen LogP contribution in [0.2, 0.25) is 0 Å². The molecular formula is C23H24N4O3S. The first kappa shape index (κ1) is 21.1. The Morgan fingerprint density at radius 1 is 1.06 bits per heavy atom. The van der Waals surface area contributed by atoms with Crippen LogP contribution in [0.1, 0.15) is 32.1 Å². The molecule has 0 saturated carbocycles. The lowest BCUT2D eigenvalue weighted by atomic mass is 10.2. The minimum atomic E-state index is -0.00588. The Morgan fingerprint density at radius 3 is 2.65 bits per heavy atom. The monoisotopic (exact) mass is 436 g/mol. The first-order valence-corrected chi connectivity index (χ1v) is 11.3. The Hall–Kier alpha value is -3.13. The van der Waals surface area contributed by atoms with Crippen LogP contribution in [0.3, 0.4) is 0 Å². The van der Waals surface area contributed by atoms with Crippen LogP contribution in [0.25, 0.3) is 22.3 Å². The number of fused-ring (bicyclic) bond motifs is 1. The van der Waals surface area contributed by atoms with Crippen molar-refractivity contribution in [3.63, 3.8) is 0 Å². The lowest BCUT2D eigenvalue weighted by Gasteiger charge is -2.12. The van der Waals surface area contributed by atoms with E-state index in [1.165, 1.54) is 11.8 Å². The Kier molecular flexibility index (Phi) is 6.66. The fourth-order valence-corrected chi connectivity index (χ4v) is 4.13. The second-order valence-electron chi connectivity index (χ2n) is 7.10. The molecule has 0 spiro atoms. The molecule has 31 heavy (non-hydrogen) atoms. The zero-order chi connectivity index (χ0) is 21.6. The van der Waals surface area contributed by atoms with Gasteiger partial charge in [-0.25, -0.2) is 4.98 Å². The van der Waals surface area contributed by atoms with Crippen molar-refractivity contribution < 1.29 is 9.26 Å². The molecule has 4 aromatic rings. The normalized spacial score (nSPS) is 11.2. The van der Waals surface area contributed by atoms with E-state index in [9.17, 15) is 4.79 Å². The number of para-hydroxylation sites is 1. The third kappa shape index (κ3) is 4.80. The van der Waals surface area contributed by atoms with Crippen molar-refractivity contribution in [2.45, 2.75) is 43.6 Å². The Balaban J connectivity index is 1.56. The summed E-state index contributed by atoms with van der Waals surface area (Å²) < 4.78 is 12.4. The molecule has 2 heterocycles. The second kappa shape index (κ2) is 9.78. The number of hydrogen-bond acceptors (Lipinski definition) is 7. The summed E-state index contributed by atoms with van der Waals surface area (Å²) in [6.07, 6.45) is 3.10. The minimum absolute atomic E-state index is 0.00588. The standard InChI is InChI=1S/C23H24N4O3S/c1-3-4-7-14-27-22(28)18-8-5-6-9-19(18)24-23(27)31-15-20-25-21(26-30-20)16-10-12-17(29-2)13-11-16/h5-6,8-13H,3-4,7,14-15H2,1-2H3. The average Bonchev–Trinajstić information content (AvgIpc) is 3.28. The van der Waals surface area contributed by atoms with E-state index < -0.39 is 0 Å². The molecule has 2 aromatic heterocycles. The Morgan fingerprint density at radius 2 is 1.87 bits per heavy atom. The van der Waals surface area contributed by atoms with Gasteiger partial charge in [0.25, 0.3) is 5.56 Å². The molecule has 0 amide bonds.